The van der Waals surface area contributed by atoms with Crippen LogP contribution in [0.5, 0.6) is 0 Å². The fourth-order valence-corrected chi connectivity index (χ4v) is 2.99. The molecule has 1 aliphatic rings. The maximum Gasteiger partial charge on any atom is 0.254 e. The van der Waals surface area contributed by atoms with E-state index >= 15 is 0 Å². The van der Waals surface area contributed by atoms with Crippen molar-refractivity contribution in [2.24, 2.45) is 0 Å². The number of amides is 1. The van der Waals surface area contributed by atoms with Gasteiger partial charge in [0.2, 0.25) is 0 Å². The molecule has 1 amide bonds. The molecule has 1 N–H and O–H groups in total. The minimum atomic E-state index is -0.188. The van der Waals surface area contributed by atoms with Gasteiger partial charge >= 0.3 is 0 Å². The van der Waals surface area contributed by atoms with Crippen LogP contribution in [0.1, 0.15) is 10.4 Å². The van der Waals surface area contributed by atoms with E-state index in [0.717, 1.165) is 4.90 Å². The molecule has 1 heterocycles. The standard InChI is InChI=1S/C17H16ClFN2O.ClH/c18-14-5-3-4-13(12-14)17(22)21-10-8-20(9-11-21)16-7-2-1-6-15(16)19;/h1-7,12H,8-11H2;1H. The molecule has 0 saturated carbocycles. The summed E-state index contributed by atoms with van der Waals surface area (Å²) in [6.07, 6.45) is 0. The minimum Gasteiger partial charge on any atom is -1.00 e. The highest BCUT2D eigenvalue weighted by atomic mass is 35.5. The molecular weight excluding hydrogens is 338 g/mol. The molecule has 6 heteroatoms. The first-order valence-electron chi connectivity index (χ1n) is 7.29. The maximum absolute atomic E-state index is 13.8. The van der Waals surface area contributed by atoms with Gasteiger partial charge in [0.25, 0.3) is 5.91 Å². The largest absolute Gasteiger partial charge is 1.00 e. The van der Waals surface area contributed by atoms with Crippen LogP contribution in [0.15, 0.2) is 48.5 Å². The number of benzene rings is 2. The second-order valence-corrected chi connectivity index (χ2v) is 5.82. The Labute approximate surface area is 146 Å². The molecular formula is C17H17Cl2FN2O. The Kier molecular flexibility index (Phi) is 5.99. The van der Waals surface area contributed by atoms with Gasteiger partial charge in [-0.1, -0.05) is 29.8 Å². The number of hydrogen-bond donors (Lipinski definition) is 1. The van der Waals surface area contributed by atoms with Crippen LogP contribution in [0.4, 0.5) is 10.1 Å². The van der Waals surface area contributed by atoms with Crippen molar-refractivity contribution in [3.05, 3.63) is 64.9 Å². The Morgan fingerprint density at radius 1 is 1.09 bits per heavy atom. The van der Waals surface area contributed by atoms with Crippen molar-refractivity contribution < 1.29 is 26.5 Å². The number of hydrogen-bond acceptors (Lipinski definition) is 1. The van der Waals surface area contributed by atoms with Gasteiger partial charge in [0.15, 0.2) is 11.5 Å². The van der Waals surface area contributed by atoms with E-state index in [2.05, 4.69) is 0 Å². The highest BCUT2D eigenvalue weighted by Crippen LogP contribution is 2.13. The van der Waals surface area contributed by atoms with Crippen molar-refractivity contribution in [3.8, 4) is 0 Å². The summed E-state index contributed by atoms with van der Waals surface area (Å²) in [5, 5.41) is 0.557. The number of para-hydroxylation sites is 1. The summed E-state index contributed by atoms with van der Waals surface area (Å²) in [5.41, 5.74) is 1.28. The van der Waals surface area contributed by atoms with Gasteiger partial charge in [-0.2, -0.15) is 0 Å². The van der Waals surface area contributed by atoms with Crippen LogP contribution >= 0.6 is 11.6 Å². The molecule has 1 aliphatic heterocycles. The van der Waals surface area contributed by atoms with E-state index in [4.69, 9.17) is 11.6 Å². The Hall–Kier alpha value is -1.62. The van der Waals surface area contributed by atoms with Crippen molar-refractivity contribution in [2.75, 3.05) is 26.2 Å². The molecule has 0 bridgehead atoms. The van der Waals surface area contributed by atoms with Crippen molar-refractivity contribution in [3.63, 3.8) is 0 Å². The van der Waals surface area contributed by atoms with Crippen molar-refractivity contribution in [1.82, 2.24) is 4.90 Å². The summed E-state index contributed by atoms with van der Waals surface area (Å²) in [5.74, 6) is -0.206. The second kappa shape index (κ2) is 7.77. The van der Waals surface area contributed by atoms with Gasteiger partial charge in [-0.25, -0.2) is 4.39 Å². The first-order valence-corrected chi connectivity index (χ1v) is 7.67. The van der Waals surface area contributed by atoms with Gasteiger partial charge in [0, 0.05) is 16.7 Å². The fourth-order valence-electron chi connectivity index (χ4n) is 2.80. The van der Waals surface area contributed by atoms with Crippen LogP contribution < -0.4 is 17.3 Å². The monoisotopic (exact) mass is 354 g/mol. The van der Waals surface area contributed by atoms with Crippen molar-refractivity contribution in [1.29, 1.82) is 0 Å². The van der Waals surface area contributed by atoms with Gasteiger partial charge in [-0.05, 0) is 24.3 Å². The fraction of sp³-hybridized carbons (Fsp3) is 0.235. The Bertz CT molecular complexity index is 688. The summed E-state index contributed by atoms with van der Waals surface area (Å²) in [6, 6.07) is 13.8. The summed E-state index contributed by atoms with van der Waals surface area (Å²) in [6.45, 7) is 2.62. The lowest BCUT2D eigenvalue weighted by atomic mass is 10.1. The first kappa shape index (κ1) is 17.7. The quantitative estimate of drug-likeness (QED) is 0.747. The van der Waals surface area contributed by atoms with Gasteiger partial charge < -0.3 is 17.3 Å². The molecule has 0 aromatic heterocycles. The van der Waals surface area contributed by atoms with E-state index < -0.39 is 0 Å². The van der Waals surface area contributed by atoms with Crippen molar-refractivity contribution >= 4 is 23.2 Å². The molecule has 122 valence electrons. The lowest BCUT2D eigenvalue weighted by Gasteiger charge is -2.32. The third kappa shape index (κ3) is 4.02. The van der Waals surface area contributed by atoms with Gasteiger partial charge in [0.1, 0.15) is 0 Å². The lowest BCUT2D eigenvalue weighted by molar-refractivity contribution is -0.838. The van der Waals surface area contributed by atoms with Gasteiger partial charge in [0.05, 0.1) is 26.2 Å². The minimum absolute atomic E-state index is 0. The van der Waals surface area contributed by atoms with E-state index in [0.29, 0.717) is 42.5 Å². The molecule has 2 aromatic rings. The summed E-state index contributed by atoms with van der Waals surface area (Å²) >= 11 is 5.93. The van der Waals surface area contributed by atoms with Crippen molar-refractivity contribution in [2.45, 2.75) is 0 Å². The zero-order valence-corrected chi connectivity index (χ0v) is 13.9. The molecule has 0 unspecified atom stereocenters. The zero-order chi connectivity index (χ0) is 15.5. The molecule has 1 fully saturated rings. The van der Waals surface area contributed by atoms with E-state index in [1.54, 1.807) is 41.3 Å². The zero-order valence-electron chi connectivity index (χ0n) is 12.4. The molecule has 3 nitrogen and oxygen atoms in total. The summed E-state index contributed by atoms with van der Waals surface area (Å²) < 4.78 is 13.8. The van der Waals surface area contributed by atoms with E-state index in [9.17, 15) is 9.18 Å². The number of rotatable bonds is 2. The molecule has 0 radical (unpaired) electrons. The first-order chi connectivity index (χ1) is 10.6. The molecule has 0 spiro atoms. The number of carbonyl (C=O) groups excluding carboxylic acids is 1. The number of nitrogens with zero attached hydrogens (tertiary/aromatic N) is 1. The number of carbonyl (C=O) groups is 1. The average Bonchev–Trinajstić information content (AvgIpc) is 2.55. The van der Waals surface area contributed by atoms with Crippen LogP contribution in [0.3, 0.4) is 0 Å². The topological polar surface area (TPSA) is 24.8 Å². The highest BCUT2D eigenvalue weighted by Gasteiger charge is 2.27. The van der Waals surface area contributed by atoms with E-state index in [1.807, 2.05) is 6.07 Å². The number of nitrogens with one attached hydrogen (secondary N) is 1. The van der Waals surface area contributed by atoms with Crippen LogP contribution in [0.25, 0.3) is 0 Å². The Morgan fingerprint density at radius 3 is 2.43 bits per heavy atom. The van der Waals surface area contributed by atoms with E-state index in [1.165, 1.54) is 6.07 Å². The third-order valence-electron chi connectivity index (χ3n) is 3.98. The predicted octanol–water partition coefficient (Wildman–Crippen LogP) is -0.844. The molecule has 23 heavy (non-hydrogen) atoms. The molecule has 1 saturated heterocycles. The maximum atomic E-state index is 13.8. The Balaban J connectivity index is 0.00000192. The number of halogens is 3. The molecule has 3 rings (SSSR count). The number of quaternary nitrogens is 1. The smallest absolute Gasteiger partial charge is 0.254 e. The molecule has 0 atom stereocenters. The lowest BCUT2D eigenvalue weighted by Crippen LogP contribution is -3.10. The van der Waals surface area contributed by atoms with Gasteiger partial charge in [-0.15, -0.1) is 0 Å². The molecule has 2 aromatic carbocycles. The van der Waals surface area contributed by atoms with Crippen LogP contribution in [0.2, 0.25) is 5.02 Å². The highest BCUT2D eigenvalue weighted by molar-refractivity contribution is 6.30. The second-order valence-electron chi connectivity index (χ2n) is 5.39. The third-order valence-corrected chi connectivity index (χ3v) is 4.22. The predicted molar refractivity (Wildman–Crippen MR) is 84.1 cm³/mol. The summed E-state index contributed by atoms with van der Waals surface area (Å²) in [4.78, 5) is 15.3. The summed E-state index contributed by atoms with van der Waals surface area (Å²) in [7, 11) is 0. The molecule has 0 aliphatic carbocycles. The van der Waals surface area contributed by atoms with E-state index in [-0.39, 0.29) is 24.1 Å². The number of piperazine rings is 1. The van der Waals surface area contributed by atoms with Gasteiger partial charge in [-0.3, -0.25) is 9.69 Å². The van der Waals surface area contributed by atoms with Crippen LogP contribution in [-0.2, 0) is 0 Å². The van der Waals surface area contributed by atoms with Crippen LogP contribution in [-0.4, -0.2) is 37.0 Å². The van der Waals surface area contributed by atoms with Crippen LogP contribution in [0, 0.1) is 5.82 Å². The normalized spacial score (nSPS) is 15.1. The SMILES string of the molecule is O=C(c1cccc(Cl)c1)N1CC[NH+](c2ccccc2F)CC1.[Cl-]. The average molecular weight is 355 g/mol. The Morgan fingerprint density at radius 2 is 1.78 bits per heavy atom.